The number of carbonyl (C=O) groups excluding carboxylic acids is 1. The highest BCUT2D eigenvalue weighted by Gasteiger charge is 2.27. The van der Waals surface area contributed by atoms with Gasteiger partial charge in [-0.1, -0.05) is 30.3 Å². The minimum atomic E-state index is -2.95. The van der Waals surface area contributed by atoms with Crippen molar-refractivity contribution >= 4 is 21.4 Å². The van der Waals surface area contributed by atoms with Gasteiger partial charge in [0.05, 0.1) is 17.5 Å². The fraction of sp³-hybridized carbons (Fsp3) is 0.333. The predicted octanol–water partition coefficient (Wildman–Crippen LogP) is 2.17. The normalized spacial score (nSPS) is 20.0. The Hall–Kier alpha value is -2.41. The number of rotatable bonds is 5. The molecule has 6 nitrogen and oxygen atoms in total. The van der Waals surface area contributed by atoms with Crippen LogP contribution in [0.3, 0.4) is 0 Å². The molecule has 2 aromatic rings. The fourth-order valence-corrected chi connectivity index (χ4v) is 4.56. The second kappa shape index (κ2) is 7.23. The maximum atomic E-state index is 12.4. The van der Waals surface area contributed by atoms with Crippen LogP contribution in [-0.4, -0.2) is 36.9 Å². The summed E-state index contributed by atoms with van der Waals surface area (Å²) in [5, 5.41) is 6.10. The van der Waals surface area contributed by atoms with E-state index < -0.39 is 9.84 Å². The van der Waals surface area contributed by atoms with Crippen molar-refractivity contribution in [2.75, 3.05) is 16.8 Å². The zero-order valence-corrected chi connectivity index (χ0v) is 14.8. The zero-order valence-electron chi connectivity index (χ0n) is 14.0. The standard InChI is InChI=1S/C18H21N3O3S/c1-13(14-5-3-2-4-6-14)20-18(22)17-11-15(7-9-19-17)21-16-8-10-25(23,24)12-16/h2-7,9,11,13,16H,8,10,12H2,1H3,(H,19,21)(H,20,22). The van der Waals surface area contributed by atoms with Crippen LogP contribution in [0.15, 0.2) is 48.7 Å². The molecule has 1 saturated heterocycles. The Labute approximate surface area is 147 Å². The van der Waals surface area contributed by atoms with Gasteiger partial charge in [-0.25, -0.2) is 8.42 Å². The number of nitrogens with zero attached hydrogens (tertiary/aromatic N) is 1. The van der Waals surface area contributed by atoms with E-state index in [9.17, 15) is 13.2 Å². The van der Waals surface area contributed by atoms with Crippen molar-refractivity contribution in [3.05, 3.63) is 59.9 Å². The summed E-state index contributed by atoms with van der Waals surface area (Å²) in [6.07, 6.45) is 2.13. The fourth-order valence-electron chi connectivity index (χ4n) is 2.88. The zero-order chi connectivity index (χ0) is 17.9. The minimum absolute atomic E-state index is 0.119. The SMILES string of the molecule is CC(NC(=O)c1cc(NC2CCS(=O)(=O)C2)ccn1)c1ccccc1. The first-order valence-electron chi connectivity index (χ1n) is 8.22. The monoisotopic (exact) mass is 359 g/mol. The predicted molar refractivity (Wildman–Crippen MR) is 97.2 cm³/mol. The van der Waals surface area contributed by atoms with Gasteiger partial charge in [-0.15, -0.1) is 0 Å². The first-order valence-corrected chi connectivity index (χ1v) is 10.0. The van der Waals surface area contributed by atoms with E-state index >= 15 is 0 Å². The lowest BCUT2D eigenvalue weighted by Crippen LogP contribution is -2.27. The minimum Gasteiger partial charge on any atom is -0.381 e. The van der Waals surface area contributed by atoms with Crippen molar-refractivity contribution in [1.29, 1.82) is 0 Å². The van der Waals surface area contributed by atoms with Gasteiger partial charge in [0.15, 0.2) is 9.84 Å². The number of anilines is 1. The highest BCUT2D eigenvalue weighted by atomic mass is 32.2. The molecule has 1 aliphatic heterocycles. The van der Waals surface area contributed by atoms with Gasteiger partial charge in [0, 0.05) is 17.9 Å². The van der Waals surface area contributed by atoms with Crippen LogP contribution in [0.25, 0.3) is 0 Å². The molecule has 0 bridgehead atoms. The van der Waals surface area contributed by atoms with Crippen molar-refractivity contribution in [2.24, 2.45) is 0 Å². The molecule has 1 aromatic heterocycles. The number of benzene rings is 1. The maximum absolute atomic E-state index is 12.4. The van der Waals surface area contributed by atoms with Gasteiger partial charge in [0.2, 0.25) is 0 Å². The molecule has 7 heteroatoms. The average Bonchev–Trinajstić information content (AvgIpc) is 2.94. The lowest BCUT2D eigenvalue weighted by molar-refractivity contribution is 0.0935. The van der Waals surface area contributed by atoms with Crippen LogP contribution in [0.1, 0.15) is 35.4 Å². The molecular formula is C18H21N3O3S. The molecule has 3 rings (SSSR count). The summed E-state index contributed by atoms with van der Waals surface area (Å²) in [4.78, 5) is 16.5. The number of hydrogen-bond acceptors (Lipinski definition) is 5. The highest BCUT2D eigenvalue weighted by molar-refractivity contribution is 7.91. The van der Waals surface area contributed by atoms with Gasteiger partial charge in [0.1, 0.15) is 5.69 Å². The lowest BCUT2D eigenvalue weighted by Gasteiger charge is -2.15. The summed E-state index contributed by atoms with van der Waals surface area (Å²) in [6.45, 7) is 1.92. The second-order valence-corrected chi connectivity index (χ2v) is 8.51. The largest absolute Gasteiger partial charge is 0.381 e. The van der Waals surface area contributed by atoms with Crippen LogP contribution >= 0.6 is 0 Å². The number of amides is 1. The molecule has 2 N–H and O–H groups in total. The molecule has 1 amide bonds. The van der Waals surface area contributed by atoms with Gasteiger partial charge in [-0.3, -0.25) is 9.78 Å². The van der Waals surface area contributed by atoms with Crippen molar-refractivity contribution in [1.82, 2.24) is 10.3 Å². The van der Waals surface area contributed by atoms with Crippen LogP contribution in [0.4, 0.5) is 5.69 Å². The first kappa shape index (κ1) is 17.4. The van der Waals surface area contributed by atoms with E-state index in [0.29, 0.717) is 17.8 Å². The Morgan fingerprint density at radius 2 is 2.00 bits per heavy atom. The second-order valence-electron chi connectivity index (χ2n) is 6.28. The third kappa shape index (κ3) is 4.57. The Bertz CT molecular complexity index is 853. The van der Waals surface area contributed by atoms with Gasteiger partial charge < -0.3 is 10.6 Å². The summed E-state index contributed by atoms with van der Waals surface area (Å²) < 4.78 is 23.1. The topological polar surface area (TPSA) is 88.2 Å². The molecule has 0 spiro atoms. The molecule has 1 aliphatic rings. The molecule has 2 atom stereocenters. The summed E-state index contributed by atoms with van der Waals surface area (Å²) in [7, 11) is -2.95. The number of aromatic nitrogens is 1. The Morgan fingerprint density at radius 3 is 2.68 bits per heavy atom. The van der Waals surface area contributed by atoms with E-state index in [1.165, 1.54) is 0 Å². The summed E-state index contributed by atoms with van der Waals surface area (Å²) >= 11 is 0. The molecule has 0 aliphatic carbocycles. The number of carbonyl (C=O) groups is 1. The van der Waals surface area contributed by atoms with Gasteiger partial charge in [-0.2, -0.15) is 0 Å². The molecule has 2 unspecified atom stereocenters. The Morgan fingerprint density at radius 1 is 1.24 bits per heavy atom. The van der Waals surface area contributed by atoms with Crippen molar-refractivity contribution in [2.45, 2.75) is 25.4 Å². The van der Waals surface area contributed by atoms with Gasteiger partial charge >= 0.3 is 0 Å². The quantitative estimate of drug-likeness (QED) is 0.854. The number of sulfone groups is 1. The molecule has 1 fully saturated rings. The van der Waals surface area contributed by atoms with Crippen LogP contribution in [0.5, 0.6) is 0 Å². The third-order valence-electron chi connectivity index (χ3n) is 4.24. The molecular weight excluding hydrogens is 338 g/mol. The Kier molecular flexibility index (Phi) is 5.03. The van der Waals surface area contributed by atoms with Crippen molar-refractivity contribution < 1.29 is 13.2 Å². The van der Waals surface area contributed by atoms with Gasteiger partial charge in [0.25, 0.3) is 5.91 Å². The number of hydrogen-bond donors (Lipinski definition) is 2. The van der Waals surface area contributed by atoms with E-state index in [1.807, 2.05) is 37.3 Å². The molecule has 2 heterocycles. The summed E-state index contributed by atoms with van der Waals surface area (Å²) in [6, 6.07) is 12.8. The van der Waals surface area contributed by atoms with Crippen molar-refractivity contribution in [3.63, 3.8) is 0 Å². The van der Waals surface area contributed by atoms with Crippen LogP contribution < -0.4 is 10.6 Å². The van der Waals surface area contributed by atoms with Crippen molar-refractivity contribution in [3.8, 4) is 0 Å². The smallest absolute Gasteiger partial charge is 0.270 e. The Balaban J connectivity index is 1.65. The molecule has 0 radical (unpaired) electrons. The van der Waals surface area contributed by atoms with Crippen LogP contribution in [0, 0.1) is 0 Å². The van der Waals surface area contributed by atoms with E-state index in [0.717, 1.165) is 5.56 Å². The maximum Gasteiger partial charge on any atom is 0.270 e. The summed E-state index contributed by atoms with van der Waals surface area (Å²) in [5.41, 5.74) is 2.02. The van der Waals surface area contributed by atoms with Crippen LogP contribution in [0.2, 0.25) is 0 Å². The molecule has 1 aromatic carbocycles. The van der Waals surface area contributed by atoms with E-state index in [4.69, 9.17) is 0 Å². The van der Waals surface area contributed by atoms with E-state index in [1.54, 1.807) is 18.3 Å². The lowest BCUT2D eigenvalue weighted by atomic mass is 10.1. The number of pyridine rings is 1. The third-order valence-corrected chi connectivity index (χ3v) is 6.01. The molecule has 132 valence electrons. The molecule has 25 heavy (non-hydrogen) atoms. The average molecular weight is 359 g/mol. The van der Waals surface area contributed by atoms with E-state index in [2.05, 4.69) is 15.6 Å². The molecule has 0 saturated carbocycles. The summed E-state index contributed by atoms with van der Waals surface area (Å²) in [5.74, 6) is 0.0681. The van der Waals surface area contributed by atoms with Crippen LogP contribution in [-0.2, 0) is 9.84 Å². The van der Waals surface area contributed by atoms with Gasteiger partial charge in [-0.05, 0) is 31.0 Å². The highest BCUT2D eigenvalue weighted by Crippen LogP contribution is 2.18. The number of nitrogens with one attached hydrogen (secondary N) is 2. The van der Waals surface area contributed by atoms with E-state index in [-0.39, 0.29) is 29.5 Å². The first-order chi connectivity index (χ1) is 11.9.